The first-order chi connectivity index (χ1) is 5.93. The van der Waals surface area contributed by atoms with Crippen molar-refractivity contribution in [2.75, 3.05) is 0 Å². The average molecular weight is 167 g/mol. The lowest BCUT2D eigenvalue weighted by atomic mass is 9.94. The van der Waals surface area contributed by atoms with Gasteiger partial charge in [-0.1, -0.05) is 71.1 Å². The van der Waals surface area contributed by atoms with Gasteiger partial charge in [0.2, 0.25) is 0 Å². The largest absolute Gasteiger partial charge is 0.0533 e. The van der Waals surface area contributed by atoms with Crippen LogP contribution in [0, 0.1) is 12.8 Å². The highest BCUT2D eigenvalue weighted by Gasteiger charge is 2.10. The third-order valence-corrected chi connectivity index (χ3v) is 3.09. The van der Waals surface area contributed by atoms with Crippen LogP contribution in [0.3, 0.4) is 0 Å². The average Bonchev–Trinajstić information content (AvgIpc) is 2.33. The molecule has 0 saturated heterocycles. The van der Waals surface area contributed by atoms with Gasteiger partial charge in [0, 0.05) is 0 Å². The van der Waals surface area contributed by atoms with Crippen LogP contribution in [-0.4, -0.2) is 0 Å². The summed E-state index contributed by atoms with van der Waals surface area (Å²) in [6.45, 7) is 3.89. The van der Waals surface area contributed by atoms with E-state index < -0.39 is 0 Å². The molecular weight excluding hydrogens is 144 g/mol. The molecule has 1 fully saturated rings. The highest BCUT2D eigenvalue weighted by Crippen LogP contribution is 2.26. The molecule has 0 atom stereocenters. The van der Waals surface area contributed by atoms with Crippen LogP contribution >= 0.6 is 0 Å². The molecule has 71 valence electrons. The van der Waals surface area contributed by atoms with E-state index in [1.54, 1.807) is 0 Å². The second-order valence-corrected chi connectivity index (χ2v) is 4.21. The lowest BCUT2D eigenvalue weighted by Gasteiger charge is -2.12. The van der Waals surface area contributed by atoms with Crippen LogP contribution in [0.15, 0.2) is 0 Å². The van der Waals surface area contributed by atoms with E-state index in [0.717, 1.165) is 12.3 Å². The summed E-state index contributed by atoms with van der Waals surface area (Å²) in [5, 5.41) is 0. The molecule has 0 N–H and O–H groups in total. The van der Waals surface area contributed by atoms with Gasteiger partial charge in [-0.3, -0.25) is 0 Å². The maximum absolute atomic E-state index is 3.89. The molecule has 1 radical (unpaired) electrons. The lowest BCUT2D eigenvalue weighted by molar-refractivity contribution is 0.410. The zero-order chi connectivity index (χ0) is 8.65. The van der Waals surface area contributed by atoms with E-state index in [9.17, 15) is 0 Å². The fourth-order valence-electron chi connectivity index (χ4n) is 2.26. The Hall–Kier alpha value is 0. The first kappa shape index (κ1) is 10.1. The molecule has 0 spiro atoms. The molecule has 0 aromatic carbocycles. The number of hydrogen-bond donors (Lipinski definition) is 0. The monoisotopic (exact) mass is 167 g/mol. The van der Waals surface area contributed by atoms with Crippen molar-refractivity contribution in [1.29, 1.82) is 0 Å². The van der Waals surface area contributed by atoms with Gasteiger partial charge in [-0.2, -0.15) is 0 Å². The quantitative estimate of drug-likeness (QED) is 0.431. The Kier molecular flexibility index (Phi) is 5.47. The van der Waals surface area contributed by atoms with Crippen molar-refractivity contribution in [3.8, 4) is 0 Å². The Morgan fingerprint density at radius 3 is 2.17 bits per heavy atom. The van der Waals surface area contributed by atoms with Crippen molar-refractivity contribution in [3.05, 3.63) is 6.92 Å². The van der Waals surface area contributed by atoms with Gasteiger partial charge in [-0.25, -0.2) is 0 Å². The van der Waals surface area contributed by atoms with Gasteiger partial charge in [0.15, 0.2) is 0 Å². The molecule has 0 aromatic heterocycles. The number of rotatable bonds is 4. The van der Waals surface area contributed by atoms with Crippen LogP contribution < -0.4 is 0 Å². The maximum atomic E-state index is 3.89. The SMILES string of the molecule is [CH2]CCCCC1CCCCCC1. The Morgan fingerprint density at radius 2 is 1.58 bits per heavy atom. The van der Waals surface area contributed by atoms with E-state index in [1.165, 1.54) is 57.8 Å². The summed E-state index contributed by atoms with van der Waals surface area (Å²) in [5.74, 6) is 1.07. The predicted molar refractivity (Wildman–Crippen MR) is 55.0 cm³/mol. The minimum atomic E-state index is 1.07. The summed E-state index contributed by atoms with van der Waals surface area (Å²) < 4.78 is 0. The molecule has 0 aliphatic heterocycles. The van der Waals surface area contributed by atoms with Gasteiger partial charge < -0.3 is 0 Å². The second-order valence-electron chi connectivity index (χ2n) is 4.21. The molecule has 0 nitrogen and oxygen atoms in total. The molecular formula is C12H23. The minimum Gasteiger partial charge on any atom is -0.0533 e. The van der Waals surface area contributed by atoms with Crippen molar-refractivity contribution >= 4 is 0 Å². The molecule has 1 rings (SSSR count). The van der Waals surface area contributed by atoms with Gasteiger partial charge in [0.1, 0.15) is 0 Å². The van der Waals surface area contributed by atoms with E-state index in [0.29, 0.717) is 0 Å². The van der Waals surface area contributed by atoms with Gasteiger partial charge in [-0.15, -0.1) is 0 Å². The van der Waals surface area contributed by atoms with Crippen LogP contribution in [0.5, 0.6) is 0 Å². The first-order valence-corrected chi connectivity index (χ1v) is 5.72. The molecule has 1 aliphatic carbocycles. The number of unbranched alkanes of at least 4 members (excludes halogenated alkanes) is 2. The third kappa shape index (κ3) is 4.13. The zero-order valence-electron chi connectivity index (χ0n) is 8.36. The summed E-state index contributed by atoms with van der Waals surface area (Å²) in [6.07, 6.45) is 14.4. The molecule has 0 unspecified atom stereocenters. The summed E-state index contributed by atoms with van der Waals surface area (Å²) >= 11 is 0. The normalized spacial score (nSPS) is 20.8. The van der Waals surface area contributed by atoms with Gasteiger partial charge in [0.05, 0.1) is 0 Å². The fourth-order valence-corrected chi connectivity index (χ4v) is 2.26. The van der Waals surface area contributed by atoms with Crippen LogP contribution in [0.2, 0.25) is 0 Å². The van der Waals surface area contributed by atoms with Crippen molar-refractivity contribution in [2.24, 2.45) is 5.92 Å². The fraction of sp³-hybridized carbons (Fsp3) is 0.917. The number of hydrogen-bond acceptors (Lipinski definition) is 0. The zero-order valence-corrected chi connectivity index (χ0v) is 8.36. The highest BCUT2D eigenvalue weighted by molar-refractivity contribution is 4.64. The van der Waals surface area contributed by atoms with Crippen molar-refractivity contribution in [2.45, 2.75) is 64.2 Å². The first-order valence-electron chi connectivity index (χ1n) is 5.72. The molecule has 1 saturated carbocycles. The highest BCUT2D eigenvalue weighted by atomic mass is 14.2. The molecule has 1 aliphatic rings. The summed E-state index contributed by atoms with van der Waals surface area (Å²) in [7, 11) is 0. The Morgan fingerprint density at radius 1 is 0.917 bits per heavy atom. The predicted octanol–water partition coefficient (Wildman–Crippen LogP) is 4.35. The van der Waals surface area contributed by atoms with E-state index in [1.807, 2.05) is 0 Å². The van der Waals surface area contributed by atoms with Gasteiger partial charge in [0.25, 0.3) is 0 Å². The minimum absolute atomic E-state index is 1.07. The van der Waals surface area contributed by atoms with E-state index >= 15 is 0 Å². The Labute approximate surface area is 77.7 Å². The van der Waals surface area contributed by atoms with Gasteiger partial charge >= 0.3 is 0 Å². The van der Waals surface area contributed by atoms with E-state index in [2.05, 4.69) is 6.92 Å². The second kappa shape index (κ2) is 6.51. The molecule has 0 heteroatoms. The summed E-state index contributed by atoms with van der Waals surface area (Å²) in [5.41, 5.74) is 0. The van der Waals surface area contributed by atoms with Gasteiger partial charge in [-0.05, 0) is 5.92 Å². The topological polar surface area (TPSA) is 0 Å². The molecule has 12 heavy (non-hydrogen) atoms. The van der Waals surface area contributed by atoms with E-state index in [-0.39, 0.29) is 0 Å². The third-order valence-electron chi connectivity index (χ3n) is 3.09. The summed E-state index contributed by atoms with van der Waals surface area (Å²) in [4.78, 5) is 0. The molecule has 0 amide bonds. The van der Waals surface area contributed by atoms with Crippen LogP contribution in [0.4, 0.5) is 0 Å². The molecule has 0 aromatic rings. The van der Waals surface area contributed by atoms with Crippen LogP contribution in [-0.2, 0) is 0 Å². The maximum Gasteiger partial charge on any atom is -0.0414 e. The Balaban J connectivity index is 2.04. The molecule has 0 bridgehead atoms. The van der Waals surface area contributed by atoms with Crippen LogP contribution in [0.25, 0.3) is 0 Å². The standard InChI is InChI=1S/C12H23/c1-2-3-6-9-12-10-7-4-5-8-11-12/h12H,1-11H2. The smallest absolute Gasteiger partial charge is 0.0414 e. The van der Waals surface area contributed by atoms with Crippen molar-refractivity contribution in [3.63, 3.8) is 0 Å². The molecule has 0 heterocycles. The van der Waals surface area contributed by atoms with Crippen molar-refractivity contribution < 1.29 is 0 Å². The van der Waals surface area contributed by atoms with Crippen LogP contribution in [0.1, 0.15) is 64.2 Å². The summed E-state index contributed by atoms with van der Waals surface area (Å²) in [6, 6.07) is 0. The van der Waals surface area contributed by atoms with E-state index in [4.69, 9.17) is 0 Å². The lowest BCUT2D eigenvalue weighted by Crippen LogP contribution is -1.97. The van der Waals surface area contributed by atoms with Crippen molar-refractivity contribution in [1.82, 2.24) is 0 Å². The Bertz CT molecular complexity index is 88.2.